The SMILES string of the molecule is CC(=O)N1CCCN(C(=O)CN2CCc3sccc3[C@@H]2c2ccccc2C)CC1. The fourth-order valence-electron chi connectivity index (χ4n) is 4.55. The number of benzene rings is 1. The molecule has 0 saturated carbocycles. The minimum absolute atomic E-state index is 0.0972. The van der Waals surface area contributed by atoms with E-state index in [9.17, 15) is 9.59 Å². The molecule has 2 amide bonds. The zero-order valence-corrected chi connectivity index (χ0v) is 18.1. The van der Waals surface area contributed by atoms with Crippen molar-refractivity contribution in [2.45, 2.75) is 32.7 Å². The van der Waals surface area contributed by atoms with Crippen molar-refractivity contribution in [1.82, 2.24) is 14.7 Å². The van der Waals surface area contributed by atoms with Gasteiger partial charge in [0.1, 0.15) is 0 Å². The summed E-state index contributed by atoms with van der Waals surface area (Å²) in [5.41, 5.74) is 3.90. The molecule has 3 heterocycles. The quantitative estimate of drug-likeness (QED) is 0.780. The first-order chi connectivity index (χ1) is 14.0. The molecule has 0 bridgehead atoms. The van der Waals surface area contributed by atoms with Crippen LogP contribution < -0.4 is 0 Å². The molecular weight excluding hydrogens is 382 g/mol. The van der Waals surface area contributed by atoms with Crippen LogP contribution in [0.5, 0.6) is 0 Å². The van der Waals surface area contributed by atoms with Crippen LogP contribution in [0, 0.1) is 6.92 Å². The van der Waals surface area contributed by atoms with Gasteiger partial charge in [-0.2, -0.15) is 0 Å². The summed E-state index contributed by atoms with van der Waals surface area (Å²) in [5, 5.41) is 2.17. The lowest BCUT2D eigenvalue weighted by Gasteiger charge is -2.37. The molecule has 0 radical (unpaired) electrons. The number of amides is 2. The standard InChI is InChI=1S/C23H29N3O2S/c1-17-6-3-4-7-19(17)23-20-9-15-29-21(20)8-12-26(23)16-22(28)25-11-5-10-24(13-14-25)18(2)27/h3-4,6-7,9,15,23H,5,8,10-14,16H2,1-2H3/t23-/m0/s1. The van der Waals surface area contributed by atoms with E-state index < -0.39 is 0 Å². The monoisotopic (exact) mass is 411 g/mol. The van der Waals surface area contributed by atoms with E-state index in [0.29, 0.717) is 19.6 Å². The number of thiophene rings is 1. The van der Waals surface area contributed by atoms with Crippen molar-refractivity contribution in [2.75, 3.05) is 39.3 Å². The average Bonchev–Trinajstić information content (AvgIpc) is 3.03. The van der Waals surface area contributed by atoms with Crippen LogP contribution in [0.25, 0.3) is 0 Å². The molecule has 0 spiro atoms. The van der Waals surface area contributed by atoms with Gasteiger partial charge in [0.15, 0.2) is 0 Å². The number of nitrogens with zero attached hydrogens (tertiary/aromatic N) is 3. The Kier molecular flexibility index (Phi) is 6.01. The summed E-state index contributed by atoms with van der Waals surface area (Å²) in [7, 11) is 0. The van der Waals surface area contributed by atoms with E-state index >= 15 is 0 Å². The minimum atomic E-state index is 0.0972. The minimum Gasteiger partial charge on any atom is -0.341 e. The predicted molar refractivity (Wildman–Crippen MR) is 116 cm³/mol. The maximum Gasteiger partial charge on any atom is 0.236 e. The fourth-order valence-corrected chi connectivity index (χ4v) is 5.46. The van der Waals surface area contributed by atoms with Crippen molar-refractivity contribution in [3.05, 3.63) is 57.3 Å². The van der Waals surface area contributed by atoms with Gasteiger partial charge in [0.25, 0.3) is 0 Å². The molecule has 1 aromatic carbocycles. The van der Waals surface area contributed by atoms with Crippen LogP contribution in [0.2, 0.25) is 0 Å². The summed E-state index contributed by atoms with van der Waals surface area (Å²) in [4.78, 5) is 32.4. The van der Waals surface area contributed by atoms with E-state index in [1.807, 2.05) is 21.1 Å². The molecule has 1 fully saturated rings. The molecule has 29 heavy (non-hydrogen) atoms. The first-order valence-corrected chi connectivity index (χ1v) is 11.3. The summed E-state index contributed by atoms with van der Waals surface area (Å²) in [5.74, 6) is 0.271. The van der Waals surface area contributed by atoms with Crippen molar-refractivity contribution < 1.29 is 9.59 Å². The third kappa shape index (κ3) is 4.23. The normalized spacial score (nSPS) is 20.3. The number of aryl methyl sites for hydroxylation is 1. The van der Waals surface area contributed by atoms with Gasteiger partial charge < -0.3 is 9.80 Å². The number of carbonyl (C=O) groups is 2. The molecular formula is C23H29N3O2S. The molecule has 2 aromatic rings. The topological polar surface area (TPSA) is 43.9 Å². The molecule has 6 heteroatoms. The van der Waals surface area contributed by atoms with Crippen LogP contribution in [0.1, 0.15) is 41.0 Å². The Morgan fingerprint density at radius 3 is 2.55 bits per heavy atom. The Hall–Kier alpha value is -2.18. The molecule has 2 aliphatic rings. The van der Waals surface area contributed by atoms with Gasteiger partial charge in [0.2, 0.25) is 11.8 Å². The van der Waals surface area contributed by atoms with E-state index in [0.717, 1.165) is 32.5 Å². The summed E-state index contributed by atoms with van der Waals surface area (Å²) in [6.07, 6.45) is 1.85. The zero-order chi connectivity index (χ0) is 20.4. The van der Waals surface area contributed by atoms with Gasteiger partial charge in [-0.15, -0.1) is 11.3 Å². The van der Waals surface area contributed by atoms with E-state index in [-0.39, 0.29) is 17.9 Å². The van der Waals surface area contributed by atoms with Gasteiger partial charge >= 0.3 is 0 Å². The fraction of sp³-hybridized carbons (Fsp3) is 0.478. The third-order valence-corrected chi connectivity index (χ3v) is 7.18. The first kappa shape index (κ1) is 20.1. The number of hydrogen-bond acceptors (Lipinski definition) is 4. The van der Waals surface area contributed by atoms with Crippen LogP contribution in [0.15, 0.2) is 35.7 Å². The lowest BCUT2D eigenvalue weighted by molar-refractivity contribution is -0.134. The summed E-state index contributed by atoms with van der Waals surface area (Å²) in [6.45, 7) is 7.82. The maximum absolute atomic E-state index is 13.2. The summed E-state index contributed by atoms with van der Waals surface area (Å²) in [6, 6.07) is 10.9. The van der Waals surface area contributed by atoms with Gasteiger partial charge in [-0.3, -0.25) is 14.5 Å². The lowest BCUT2D eigenvalue weighted by atomic mass is 9.90. The Labute approximate surface area is 176 Å². The van der Waals surface area contributed by atoms with E-state index in [1.54, 1.807) is 6.92 Å². The Balaban J connectivity index is 1.53. The number of carbonyl (C=O) groups excluding carboxylic acids is 2. The van der Waals surface area contributed by atoms with E-state index in [2.05, 4.69) is 47.5 Å². The highest BCUT2D eigenvalue weighted by Crippen LogP contribution is 2.38. The summed E-state index contributed by atoms with van der Waals surface area (Å²) < 4.78 is 0. The van der Waals surface area contributed by atoms with Gasteiger partial charge in [0, 0.05) is 44.5 Å². The van der Waals surface area contributed by atoms with Crippen molar-refractivity contribution in [3.63, 3.8) is 0 Å². The molecule has 2 aliphatic heterocycles. The van der Waals surface area contributed by atoms with E-state index in [1.165, 1.54) is 21.6 Å². The van der Waals surface area contributed by atoms with Crippen molar-refractivity contribution >= 4 is 23.2 Å². The Bertz CT molecular complexity index is 894. The number of fused-ring (bicyclic) bond motifs is 1. The molecule has 4 rings (SSSR count). The maximum atomic E-state index is 13.2. The molecule has 1 saturated heterocycles. The van der Waals surface area contributed by atoms with Gasteiger partial charge in [-0.05, 0) is 47.9 Å². The second-order valence-electron chi connectivity index (χ2n) is 8.02. The second-order valence-corrected chi connectivity index (χ2v) is 9.02. The van der Waals surface area contributed by atoms with Gasteiger partial charge in [-0.1, -0.05) is 24.3 Å². The van der Waals surface area contributed by atoms with Crippen molar-refractivity contribution in [2.24, 2.45) is 0 Å². The largest absolute Gasteiger partial charge is 0.341 e. The first-order valence-electron chi connectivity index (χ1n) is 10.4. The summed E-state index contributed by atoms with van der Waals surface area (Å²) >= 11 is 1.82. The Morgan fingerprint density at radius 1 is 1.00 bits per heavy atom. The average molecular weight is 412 g/mol. The van der Waals surface area contributed by atoms with Crippen molar-refractivity contribution in [3.8, 4) is 0 Å². The molecule has 154 valence electrons. The van der Waals surface area contributed by atoms with E-state index in [4.69, 9.17) is 0 Å². The van der Waals surface area contributed by atoms with Crippen LogP contribution in [-0.4, -0.2) is 65.8 Å². The molecule has 1 atom stereocenters. The third-order valence-electron chi connectivity index (χ3n) is 6.18. The van der Waals surface area contributed by atoms with Crippen LogP contribution in [0.3, 0.4) is 0 Å². The highest BCUT2D eigenvalue weighted by molar-refractivity contribution is 7.10. The molecule has 0 unspecified atom stereocenters. The van der Waals surface area contributed by atoms with Crippen molar-refractivity contribution in [1.29, 1.82) is 0 Å². The van der Waals surface area contributed by atoms with Crippen LogP contribution in [-0.2, 0) is 16.0 Å². The van der Waals surface area contributed by atoms with Gasteiger partial charge in [0.05, 0.1) is 12.6 Å². The lowest BCUT2D eigenvalue weighted by Crippen LogP contribution is -2.45. The number of hydrogen-bond donors (Lipinski definition) is 0. The molecule has 5 nitrogen and oxygen atoms in total. The molecule has 0 N–H and O–H groups in total. The van der Waals surface area contributed by atoms with Gasteiger partial charge in [-0.25, -0.2) is 0 Å². The van der Waals surface area contributed by atoms with Crippen LogP contribution >= 0.6 is 11.3 Å². The molecule has 1 aromatic heterocycles. The smallest absolute Gasteiger partial charge is 0.236 e. The Morgan fingerprint density at radius 2 is 1.76 bits per heavy atom. The second kappa shape index (κ2) is 8.67. The highest BCUT2D eigenvalue weighted by Gasteiger charge is 2.32. The van der Waals surface area contributed by atoms with Crippen LogP contribution in [0.4, 0.5) is 0 Å². The zero-order valence-electron chi connectivity index (χ0n) is 17.3. The number of rotatable bonds is 3. The highest BCUT2D eigenvalue weighted by atomic mass is 32.1. The predicted octanol–water partition coefficient (Wildman–Crippen LogP) is 3.08. The molecule has 0 aliphatic carbocycles.